The largest absolute Gasteiger partial charge is 0.497 e. The Hall–Kier alpha value is -3.39. The van der Waals surface area contributed by atoms with Crippen molar-refractivity contribution in [2.45, 2.75) is 11.6 Å². The van der Waals surface area contributed by atoms with Crippen molar-refractivity contribution in [3.05, 3.63) is 76.1 Å². The van der Waals surface area contributed by atoms with E-state index in [1.165, 1.54) is 22.7 Å². The summed E-state index contributed by atoms with van der Waals surface area (Å²) in [5, 5.41) is 0.496. The molecule has 152 valence electrons. The SMILES string of the molecule is COc1ccc(-c2cc(=O)[nH]c(SCCCN3C(=O)c4ccccc4C3=O)n2)cc1. The summed E-state index contributed by atoms with van der Waals surface area (Å²) in [4.78, 5) is 45.3. The first-order chi connectivity index (χ1) is 14.6. The number of H-pyrrole nitrogens is 1. The van der Waals surface area contributed by atoms with Crippen molar-refractivity contribution in [2.24, 2.45) is 0 Å². The van der Waals surface area contributed by atoms with Crippen LogP contribution in [0.5, 0.6) is 5.75 Å². The molecule has 8 heteroatoms. The number of thioether (sulfide) groups is 1. The van der Waals surface area contributed by atoms with Crippen molar-refractivity contribution in [3.63, 3.8) is 0 Å². The summed E-state index contributed by atoms with van der Waals surface area (Å²) >= 11 is 1.38. The van der Waals surface area contributed by atoms with Crippen LogP contribution in [0.4, 0.5) is 0 Å². The summed E-state index contributed by atoms with van der Waals surface area (Å²) in [5.74, 6) is 0.816. The maximum absolute atomic E-state index is 12.4. The number of hydrogen-bond donors (Lipinski definition) is 1. The van der Waals surface area contributed by atoms with Gasteiger partial charge in [-0.15, -0.1) is 0 Å². The Morgan fingerprint density at radius 3 is 2.30 bits per heavy atom. The molecule has 3 aromatic rings. The molecule has 0 saturated heterocycles. The number of rotatable bonds is 7. The van der Waals surface area contributed by atoms with E-state index in [2.05, 4.69) is 9.97 Å². The van der Waals surface area contributed by atoms with Crippen molar-refractivity contribution in [3.8, 4) is 17.0 Å². The molecule has 0 bridgehead atoms. The third kappa shape index (κ3) is 3.99. The van der Waals surface area contributed by atoms with Crippen molar-refractivity contribution < 1.29 is 14.3 Å². The predicted molar refractivity (Wildman–Crippen MR) is 114 cm³/mol. The van der Waals surface area contributed by atoms with E-state index >= 15 is 0 Å². The highest BCUT2D eigenvalue weighted by Crippen LogP contribution is 2.24. The topological polar surface area (TPSA) is 92.4 Å². The minimum Gasteiger partial charge on any atom is -0.497 e. The van der Waals surface area contributed by atoms with Gasteiger partial charge in [-0.25, -0.2) is 4.98 Å². The number of benzene rings is 2. The highest BCUT2D eigenvalue weighted by Gasteiger charge is 2.34. The molecule has 1 aliphatic rings. The van der Waals surface area contributed by atoms with Gasteiger partial charge in [0.2, 0.25) is 0 Å². The van der Waals surface area contributed by atoms with Gasteiger partial charge in [-0.3, -0.25) is 19.3 Å². The van der Waals surface area contributed by atoms with Gasteiger partial charge in [-0.1, -0.05) is 23.9 Å². The van der Waals surface area contributed by atoms with Crippen LogP contribution < -0.4 is 10.3 Å². The Morgan fingerprint density at radius 2 is 1.67 bits per heavy atom. The second-order valence-corrected chi connectivity index (χ2v) is 7.76. The van der Waals surface area contributed by atoms with Crippen LogP contribution in [-0.2, 0) is 0 Å². The molecule has 0 saturated carbocycles. The summed E-state index contributed by atoms with van der Waals surface area (Å²) < 4.78 is 5.15. The molecule has 1 aromatic heterocycles. The van der Waals surface area contributed by atoms with Crippen molar-refractivity contribution >= 4 is 23.6 Å². The predicted octanol–water partition coefficient (Wildman–Crippen LogP) is 3.22. The first kappa shape index (κ1) is 19.9. The normalized spacial score (nSPS) is 12.9. The average molecular weight is 421 g/mol. The molecule has 1 aliphatic heterocycles. The zero-order valence-electron chi connectivity index (χ0n) is 16.3. The number of ether oxygens (including phenoxy) is 1. The molecule has 2 amide bonds. The van der Waals surface area contributed by atoms with Gasteiger partial charge >= 0.3 is 0 Å². The molecule has 1 N–H and O–H groups in total. The Balaban J connectivity index is 1.38. The summed E-state index contributed by atoms with van der Waals surface area (Å²) in [6, 6.07) is 15.6. The fourth-order valence-electron chi connectivity index (χ4n) is 3.25. The Kier molecular flexibility index (Phi) is 5.67. The van der Waals surface area contributed by atoms with Crippen molar-refractivity contribution in [1.29, 1.82) is 0 Å². The monoisotopic (exact) mass is 421 g/mol. The van der Waals surface area contributed by atoms with E-state index < -0.39 is 0 Å². The van der Waals surface area contributed by atoms with E-state index in [0.717, 1.165) is 11.3 Å². The summed E-state index contributed by atoms with van der Waals surface area (Å²) in [6.45, 7) is 0.321. The molecular formula is C22H19N3O4S. The maximum Gasteiger partial charge on any atom is 0.261 e. The average Bonchev–Trinajstić information content (AvgIpc) is 3.01. The van der Waals surface area contributed by atoms with Gasteiger partial charge in [0.15, 0.2) is 5.16 Å². The molecule has 0 radical (unpaired) electrons. The van der Waals surface area contributed by atoms with Crippen LogP contribution in [0.3, 0.4) is 0 Å². The number of amides is 2. The minimum atomic E-state index is -0.256. The number of aromatic nitrogens is 2. The first-order valence-electron chi connectivity index (χ1n) is 9.40. The molecule has 0 spiro atoms. The van der Waals surface area contributed by atoms with E-state index in [4.69, 9.17) is 4.74 Å². The van der Waals surface area contributed by atoms with E-state index in [0.29, 0.717) is 40.7 Å². The summed E-state index contributed by atoms with van der Waals surface area (Å²) in [7, 11) is 1.59. The molecule has 2 heterocycles. The Morgan fingerprint density at radius 1 is 1.00 bits per heavy atom. The van der Waals surface area contributed by atoms with Crippen LogP contribution in [0.2, 0.25) is 0 Å². The van der Waals surface area contributed by atoms with Crippen LogP contribution in [0, 0.1) is 0 Å². The number of hydrogen-bond acceptors (Lipinski definition) is 6. The van der Waals surface area contributed by atoms with Crippen LogP contribution >= 0.6 is 11.8 Å². The van der Waals surface area contributed by atoms with Crippen LogP contribution in [0.1, 0.15) is 27.1 Å². The van der Waals surface area contributed by atoms with Gasteiger partial charge < -0.3 is 9.72 Å². The van der Waals surface area contributed by atoms with Gasteiger partial charge in [-0.05, 0) is 42.8 Å². The number of imide groups is 1. The molecular weight excluding hydrogens is 402 g/mol. The summed E-state index contributed by atoms with van der Waals surface area (Å²) in [6.07, 6.45) is 0.590. The lowest BCUT2D eigenvalue weighted by Gasteiger charge is -2.13. The number of aromatic amines is 1. The lowest BCUT2D eigenvalue weighted by atomic mass is 10.1. The van der Waals surface area contributed by atoms with Gasteiger partial charge in [0.1, 0.15) is 5.75 Å². The second kappa shape index (κ2) is 8.54. The third-order valence-electron chi connectivity index (χ3n) is 4.75. The van der Waals surface area contributed by atoms with Gasteiger partial charge in [0.25, 0.3) is 17.4 Å². The highest BCUT2D eigenvalue weighted by molar-refractivity contribution is 7.99. The van der Waals surface area contributed by atoms with E-state index in [-0.39, 0.29) is 17.4 Å². The number of methoxy groups -OCH3 is 1. The minimum absolute atomic E-state index is 0.237. The second-order valence-electron chi connectivity index (χ2n) is 6.67. The van der Waals surface area contributed by atoms with Crippen LogP contribution in [-0.4, -0.2) is 46.1 Å². The maximum atomic E-state index is 12.4. The van der Waals surface area contributed by atoms with Crippen molar-refractivity contribution in [2.75, 3.05) is 19.4 Å². The molecule has 0 aliphatic carbocycles. The smallest absolute Gasteiger partial charge is 0.261 e. The van der Waals surface area contributed by atoms with E-state index in [1.807, 2.05) is 24.3 Å². The number of nitrogens with one attached hydrogen (secondary N) is 1. The number of nitrogens with zero attached hydrogens (tertiary/aromatic N) is 2. The standard InChI is InChI=1S/C22H19N3O4S/c1-29-15-9-7-14(8-10-15)18-13-19(26)24-22(23-18)30-12-4-11-25-20(27)16-5-2-3-6-17(16)21(25)28/h2-3,5-10,13H,4,11-12H2,1H3,(H,23,24,26). The van der Waals surface area contributed by atoms with Crippen molar-refractivity contribution in [1.82, 2.24) is 14.9 Å². The Labute approximate surface area is 177 Å². The Bertz CT molecular complexity index is 1120. The fourth-order valence-corrected chi connectivity index (χ4v) is 4.05. The van der Waals surface area contributed by atoms with Gasteiger partial charge in [-0.2, -0.15) is 0 Å². The molecule has 0 unspecified atom stereocenters. The van der Waals surface area contributed by atoms with Gasteiger partial charge in [0, 0.05) is 23.9 Å². The highest BCUT2D eigenvalue weighted by atomic mass is 32.2. The first-order valence-corrected chi connectivity index (χ1v) is 10.4. The zero-order valence-corrected chi connectivity index (χ0v) is 17.1. The number of carbonyl (C=O) groups is 2. The van der Waals surface area contributed by atoms with E-state index in [1.54, 1.807) is 31.4 Å². The zero-order chi connectivity index (χ0) is 21.1. The third-order valence-corrected chi connectivity index (χ3v) is 5.71. The molecule has 0 atom stereocenters. The van der Waals surface area contributed by atoms with Crippen LogP contribution in [0.25, 0.3) is 11.3 Å². The number of carbonyl (C=O) groups excluding carboxylic acids is 2. The molecule has 0 fully saturated rings. The quantitative estimate of drug-likeness (QED) is 0.273. The fraction of sp³-hybridized carbons (Fsp3) is 0.182. The molecule has 7 nitrogen and oxygen atoms in total. The van der Waals surface area contributed by atoms with Gasteiger partial charge in [0.05, 0.1) is 23.9 Å². The number of fused-ring (bicyclic) bond motifs is 1. The molecule has 4 rings (SSSR count). The lowest BCUT2D eigenvalue weighted by Crippen LogP contribution is -2.31. The van der Waals surface area contributed by atoms with E-state index in [9.17, 15) is 14.4 Å². The molecule has 30 heavy (non-hydrogen) atoms. The summed E-state index contributed by atoms with van der Waals surface area (Å²) in [5.41, 5.74) is 2.05. The lowest BCUT2D eigenvalue weighted by molar-refractivity contribution is 0.0655. The van der Waals surface area contributed by atoms with Crippen LogP contribution in [0.15, 0.2) is 64.5 Å². The molecule has 2 aromatic carbocycles.